The van der Waals surface area contributed by atoms with E-state index in [9.17, 15) is 9.18 Å². The Balaban J connectivity index is 1.66. The fourth-order valence-corrected chi connectivity index (χ4v) is 2.55. The molecule has 2 aromatic carbocycles. The first-order valence-corrected chi connectivity index (χ1v) is 8.43. The van der Waals surface area contributed by atoms with Crippen molar-refractivity contribution < 1.29 is 18.7 Å². The van der Waals surface area contributed by atoms with Gasteiger partial charge in [-0.05, 0) is 48.0 Å². The third-order valence-electron chi connectivity index (χ3n) is 3.95. The van der Waals surface area contributed by atoms with Gasteiger partial charge in [0, 0.05) is 12.1 Å². The SMILES string of the molecule is C#CCOc1cc(CNC(=O)c2cc(-c3ccc(F)cc3)n[nH]2)ccc1OC. The van der Waals surface area contributed by atoms with E-state index < -0.39 is 0 Å². The molecule has 3 aromatic rings. The van der Waals surface area contributed by atoms with Gasteiger partial charge in [0.2, 0.25) is 0 Å². The van der Waals surface area contributed by atoms with Crippen molar-refractivity contribution in [3.8, 4) is 35.1 Å². The van der Waals surface area contributed by atoms with Crippen LogP contribution in [-0.4, -0.2) is 29.8 Å². The molecule has 0 radical (unpaired) electrons. The van der Waals surface area contributed by atoms with E-state index in [-0.39, 0.29) is 24.9 Å². The van der Waals surface area contributed by atoms with Crippen molar-refractivity contribution in [2.24, 2.45) is 0 Å². The van der Waals surface area contributed by atoms with E-state index in [1.54, 1.807) is 30.3 Å². The lowest BCUT2D eigenvalue weighted by molar-refractivity contribution is 0.0946. The molecular formula is C21H18FN3O3. The molecule has 28 heavy (non-hydrogen) atoms. The van der Waals surface area contributed by atoms with Crippen LogP contribution in [0, 0.1) is 18.2 Å². The van der Waals surface area contributed by atoms with Gasteiger partial charge in [0.1, 0.15) is 18.1 Å². The molecule has 0 bridgehead atoms. The molecule has 1 aromatic heterocycles. The zero-order valence-electron chi connectivity index (χ0n) is 15.2. The first-order chi connectivity index (χ1) is 13.6. The maximum atomic E-state index is 13.0. The number of hydrogen-bond acceptors (Lipinski definition) is 4. The Kier molecular flexibility index (Phi) is 5.92. The van der Waals surface area contributed by atoms with Gasteiger partial charge < -0.3 is 14.8 Å². The topological polar surface area (TPSA) is 76.2 Å². The van der Waals surface area contributed by atoms with E-state index in [1.807, 2.05) is 6.07 Å². The Morgan fingerprint density at radius 1 is 1.21 bits per heavy atom. The van der Waals surface area contributed by atoms with Crippen molar-refractivity contribution in [3.63, 3.8) is 0 Å². The Morgan fingerprint density at radius 3 is 2.71 bits per heavy atom. The van der Waals surface area contributed by atoms with Crippen LogP contribution in [0.5, 0.6) is 11.5 Å². The van der Waals surface area contributed by atoms with Gasteiger partial charge in [-0.25, -0.2) is 4.39 Å². The van der Waals surface area contributed by atoms with Crippen molar-refractivity contribution in [1.29, 1.82) is 0 Å². The first kappa shape index (κ1) is 19.0. The molecule has 6 nitrogen and oxygen atoms in total. The summed E-state index contributed by atoms with van der Waals surface area (Å²) in [6.07, 6.45) is 5.22. The van der Waals surface area contributed by atoms with Crippen LogP contribution in [0.4, 0.5) is 4.39 Å². The number of ether oxygens (including phenoxy) is 2. The monoisotopic (exact) mass is 379 g/mol. The Bertz CT molecular complexity index is 1010. The Labute approximate surface area is 161 Å². The number of rotatable bonds is 7. The van der Waals surface area contributed by atoms with Crippen LogP contribution in [0.3, 0.4) is 0 Å². The van der Waals surface area contributed by atoms with Crippen LogP contribution in [0.25, 0.3) is 11.3 Å². The number of methoxy groups -OCH3 is 1. The standard InChI is InChI=1S/C21H18FN3O3/c1-3-10-28-20-11-14(4-9-19(20)27-2)13-23-21(26)18-12-17(24-25-18)15-5-7-16(22)8-6-15/h1,4-9,11-12H,10,13H2,2H3,(H,23,26)(H,24,25). The lowest BCUT2D eigenvalue weighted by Crippen LogP contribution is -2.23. The second-order valence-electron chi connectivity index (χ2n) is 5.83. The molecule has 0 spiro atoms. The summed E-state index contributed by atoms with van der Waals surface area (Å²) in [5.41, 5.74) is 2.39. The number of benzene rings is 2. The highest BCUT2D eigenvalue weighted by Gasteiger charge is 2.12. The number of H-pyrrole nitrogens is 1. The predicted octanol–water partition coefficient (Wildman–Crippen LogP) is 3.17. The fourth-order valence-electron chi connectivity index (χ4n) is 2.55. The first-order valence-electron chi connectivity index (χ1n) is 8.43. The van der Waals surface area contributed by atoms with E-state index in [0.717, 1.165) is 5.56 Å². The molecular weight excluding hydrogens is 361 g/mol. The highest BCUT2D eigenvalue weighted by Crippen LogP contribution is 2.28. The molecule has 2 N–H and O–H groups in total. The molecule has 142 valence electrons. The molecule has 0 saturated heterocycles. The average Bonchev–Trinajstić information content (AvgIpc) is 3.21. The quantitative estimate of drug-likeness (QED) is 0.619. The van der Waals surface area contributed by atoms with Crippen molar-refractivity contribution in [2.75, 3.05) is 13.7 Å². The zero-order valence-corrected chi connectivity index (χ0v) is 15.2. The molecule has 1 heterocycles. The normalized spacial score (nSPS) is 10.2. The molecule has 0 aliphatic carbocycles. The number of terminal acetylenes is 1. The number of carbonyl (C=O) groups is 1. The van der Waals surface area contributed by atoms with Crippen LogP contribution in [0.15, 0.2) is 48.5 Å². The van der Waals surface area contributed by atoms with Crippen LogP contribution >= 0.6 is 0 Å². The molecule has 3 rings (SSSR count). The van der Waals surface area contributed by atoms with Crippen molar-refractivity contribution >= 4 is 5.91 Å². The smallest absolute Gasteiger partial charge is 0.269 e. The number of hydrogen-bond donors (Lipinski definition) is 2. The Morgan fingerprint density at radius 2 is 2.00 bits per heavy atom. The van der Waals surface area contributed by atoms with Crippen molar-refractivity contribution in [1.82, 2.24) is 15.5 Å². The predicted molar refractivity (Wildman–Crippen MR) is 102 cm³/mol. The van der Waals surface area contributed by atoms with Gasteiger partial charge in [-0.3, -0.25) is 9.89 Å². The third kappa shape index (κ3) is 4.48. The summed E-state index contributed by atoms with van der Waals surface area (Å²) in [6, 6.07) is 12.8. The number of amides is 1. The van der Waals surface area contributed by atoms with Gasteiger partial charge in [-0.2, -0.15) is 5.10 Å². The molecule has 0 aliphatic heterocycles. The maximum Gasteiger partial charge on any atom is 0.269 e. The largest absolute Gasteiger partial charge is 0.493 e. The molecule has 0 fully saturated rings. The van der Waals surface area contributed by atoms with Crippen LogP contribution in [-0.2, 0) is 6.54 Å². The van der Waals surface area contributed by atoms with E-state index in [2.05, 4.69) is 21.4 Å². The molecule has 7 heteroatoms. The number of aromatic amines is 1. The van der Waals surface area contributed by atoms with Gasteiger partial charge in [0.15, 0.2) is 11.5 Å². The van der Waals surface area contributed by atoms with Crippen molar-refractivity contribution in [3.05, 3.63) is 65.6 Å². The number of carbonyl (C=O) groups excluding carboxylic acids is 1. The average molecular weight is 379 g/mol. The second-order valence-corrected chi connectivity index (χ2v) is 5.83. The van der Waals surface area contributed by atoms with E-state index >= 15 is 0 Å². The van der Waals surface area contributed by atoms with Gasteiger partial charge in [0.05, 0.1) is 12.8 Å². The van der Waals surface area contributed by atoms with Crippen LogP contribution in [0.1, 0.15) is 16.1 Å². The minimum Gasteiger partial charge on any atom is -0.493 e. The lowest BCUT2D eigenvalue weighted by atomic mass is 10.1. The summed E-state index contributed by atoms with van der Waals surface area (Å²) in [6.45, 7) is 0.395. The summed E-state index contributed by atoms with van der Waals surface area (Å²) in [4.78, 5) is 12.4. The zero-order chi connectivity index (χ0) is 19.9. The summed E-state index contributed by atoms with van der Waals surface area (Å²) >= 11 is 0. The van der Waals surface area contributed by atoms with Crippen molar-refractivity contribution in [2.45, 2.75) is 6.54 Å². The minimum atomic E-state index is -0.331. The van der Waals surface area contributed by atoms with E-state index in [1.165, 1.54) is 19.2 Å². The fraction of sp³-hybridized carbons (Fsp3) is 0.143. The second kappa shape index (κ2) is 8.73. The highest BCUT2D eigenvalue weighted by molar-refractivity contribution is 5.93. The van der Waals surface area contributed by atoms with Crippen LogP contribution in [0.2, 0.25) is 0 Å². The summed E-state index contributed by atoms with van der Waals surface area (Å²) in [7, 11) is 1.54. The molecule has 0 saturated carbocycles. The van der Waals surface area contributed by atoms with E-state index in [0.29, 0.717) is 28.5 Å². The number of halogens is 1. The molecule has 0 atom stereocenters. The summed E-state index contributed by atoms with van der Waals surface area (Å²) < 4.78 is 23.7. The third-order valence-corrected chi connectivity index (χ3v) is 3.95. The van der Waals surface area contributed by atoms with Gasteiger partial charge in [-0.1, -0.05) is 12.0 Å². The van der Waals surface area contributed by atoms with Gasteiger partial charge in [0.25, 0.3) is 5.91 Å². The summed E-state index contributed by atoms with van der Waals surface area (Å²) in [5, 5.41) is 9.59. The van der Waals surface area contributed by atoms with Gasteiger partial charge >= 0.3 is 0 Å². The minimum absolute atomic E-state index is 0.118. The molecule has 0 aliphatic rings. The van der Waals surface area contributed by atoms with Gasteiger partial charge in [-0.15, -0.1) is 6.42 Å². The lowest BCUT2D eigenvalue weighted by Gasteiger charge is -2.11. The maximum absolute atomic E-state index is 13.0. The van der Waals surface area contributed by atoms with E-state index in [4.69, 9.17) is 15.9 Å². The summed E-state index contributed by atoms with van der Waals surface area (Å²) in [5.74, 6) is 2.82. The van der Waals surface area contributed by atoms with Crippen LogP contribution < -0.4 is 14.8 Å². The number of nitrogens with one attached hydrogen (secondary N) is 2. The number of aromatic nitrogens is 2. The molecule has 0 unspecified atom stereocenters. The highest BCUT2D eigenvalue weighted by atomic mass is 19.1. The Hall–Kier alpha value is -3.79. The molecule has 1 amide bonds. The number of nitrogens with zero attached hydrogens (tertiary/aromatic N) is 1.